The van der Waals surface area contributed by atoms with Gasteiger partial charge in [0, 0.05) is 48.2 Å². The fourth-order valence-corrected chi connectivity index (χ4v) is 4.59. The van der Waals surface area contributed by atoms with E-state index in [0.29, 0.717) is 33.6 Å². The van der Waals surface area contributed by atoms with Gasteiger partial charge in [-0.05, 0) is 44.2 Å². The van der Waals surface area contributed by atoms with Crippen molar-refractivity contribution in [3.05, 3.63) is 52.1 Å². The summed E-state index contributed by atoms with van der Waals surface area (Å²) in [5, 5.41) is 0.991. The van der Waals surface area contributed by atoms with Crippen LogP contribution >= 0.6 is 23.2 Å². The van der Waals surface area contributed by atoms with E-state index in [4.69, 9.17) is 23.2 Å². The molecular weight excluding hydrogens is 405 g/mol. The molecule has 5 nitrogen and oxygen atoms in total. The van der Waals surface area contributed by atoms with E-state index >= 15 is 0 Å². The summed E-state index contributed by atoms with van der Waals surface area (Å²) >= 11 is 12.3. The Morgan fingerprint density at radius 1 is 1.15 bits per heavy atom. The van der Waals surface area contributed by atoms with E-state index < -0.39 is 10.8 Å². The highest BCUT2D eigenvalue weighted by atomic mass is 35.5. The Kier molecular flexibility index (Phi) is 6.08. The highest BCUT2D eigenvalue weighted by Gasteiger charge is 2.34. The number of carbonyl (C=O) groups is 1. The van der Waals surface area contributed by atoms with E-state index in [0.717, 1.165) is 5.82 Å². The van der Waals surface area contributed by atoms with E-state index in [1.807, 2.05) is 17.9 Å². The number of hydrogen-bond acceptors (Lipinski definition) is 4. The second-order valence-electron chi connectivity index (χ2n) is 6.60. The summed E-state index contributed by atoms with van der Waals surface area (Å²) in [5.74, 6) is 0.732. The molecule has 27 heavy (non-hydrogen) atoms. The number of pyridine rings is 1. The van der Waals surface area contributed by atoms with Gasteiger partial charge in [0.25, 0.3) is 5.91 Å². The third-order valence-corrected chi connectivity index (χ3v) is 6.65. The lowest BCUT2D eigenvalue weighted by Crippen LogP contribution is -2.59. The molecule has 0 aliphatic carbocycles. The smallest absolute Gasteiger partial charge is 0.254 e. The first-order valence-electron chi connectivity index (χ1n) is 8.61. The van der Waals surface area contributed by atoms with Gasteiger partial charge in [-0.15, -0.1) is 0 Å². The van der Waals surface area contributed by atoms with E-state index in [-0.39, 0.29) is 18.0 Å². The zero-order valence-corrected chi connectivity index (χ0v) is 17.7. The number of rotatable bonds is 3. The van der Waals surface area contributed by atoms with Crippen molar-refractivity contribution in [1.29, 1.82) is 0 Å². The van der Waals surface area contributed by atoms with E-state index in [2.05, 4.69) is 16.8 Å². The van der Waals surface area contributed by atoms with Crippen molar-refractivity contribution in [1.82, 2.24) is 9.88 Å². The lowest BCUT2D eigenvalue weighted by molar-refractivity contribution is 0.0633. The molecule has 8 heteroatoms. The zero-order chi connectivity index (χ0) is 19.7. The summed E-state index contributed by atoms with van der Waals surface area (Å²) in [6.45, 7) is 5.33. The number of benzene rings is 1. The van der Waals surface area contributed by atoms with Crippen LogP contribution in [-0.2, 0) is 10.8 Å². The Labute approximate surface area is 171 Å². The summed E-state index contributed by atoms with van der Waals surface area (Å²) in [4.78, 5) is 22.0. The van der Waals surface area contributed by atoms with Crippen LogP contribution in [0.2, 0.25) is 10.0 Å². The van der Waals surface area contributed by atoms with Crippen molar-refractivity contribution >= 4 is 45.7 Å². The third-order valence-electron chi connectivity index (χ3n) is 5.01. The van der Waals surface area contributed by atoms with E-state index in [1.54, 1.807) is 36.7 Å². The highest BCUT2D eigenvalue weighted by molar-refractivity contribution is 7.84. The van der Waals surface area contributed by atoms with Crippen LogP contribution in [0.15, 0.2) is 41.4 Å². The number of piperazine rings is 1. The van der Waals surface area contributed by atoms with Gasteiger partial charge in [-0.3, -0.25) is 9.00 Å². The molecule has 1 amide bonds. The maximum atomic E-state index is 13.0. The third kappa shape index (κ3) is 4.13. The van der Waals surface area contributed by atoms with Crippen LogP contribution in [0.4, 0.5) is 5.82 Å². The summed E-state index contributed by atoms with van der Waals surface area (Å²) in [6.07, 6.45) is 3.25. The Morgan fingerprint density at radius 3 is 2.52 bits per heavy atom. The molecule has 0 spiro atoms. The fourth-order valence-electron chi connectivity index (χ4n) is 3.34. The van der Waals surface area contributed by atoms with Crippen LogP contribution < -0.4 is 4.90 Å². The molecule has 144 valence electrons. The van der Waals surface area contributed by atoms with Crippen molar-refractivity contribution in [2.45, 2.75) is 30.8 Å². The molecule has 2 heterocycles. The maximum absolute atomic E-state index is 13.0. The molecular formula is C19H21Cl2N3O2S. The van der Waals surface area contributed by atoms with Gasteiger partial charge < -0.3 is 9.80 Å². The van der Waals surface area contributed by atoms with Crippen molar-refractivity contribution in [2.75, 3.05) is 24.2 Å². The summed E-state index contributed by atoms with van der Waals surface area (Å²) in [5.41, 5.74) is 0.502. The number of halogens is 2. The SMILES string of the molecule is C[C@H]1[C@H](C)N(c2cc(Cl)ccn2)CCN1C(=O)c1ccc(S(C)=O)c(Cl)c1. The van der Waals surface area contributed by atoms with Gasteiger partial charge in [-0.25, -0.2) is 4.98 Å². The predicted molar refractivity (Wildman–Crippen MR) is 110 cm³/mol. The molecule has 1 fully saturated rings. The minimum Gasteiger partial charge on any atom is -0.350 e. The molecule has 1 aromatic heterocycles. The van der Waals surface area contributed by atoms with Gasteiger partial charge in [-0.2, -0.15) is 0 Å². The Balaban J connectivity index is 1.80. The van der Waals surface area contributed by atoms with Crippen LogP contribution in [-0.4, -0.2) is 51.4 Å². The summed E-state index contributed by atoms with van der Waals surface area (Å²) in [6, 6.07) is 8.58. The molecule has 0 saturated carbocycles. The number of amides is 1. The molecule has 2 aromatic rings. The number of aromatic nitrogens is 1. The van der Waals surface area contributed by atoms with Gasteiger partial charge >= 0.3 is 0 Å². The van der Waals surface area contributed by atoms with Crippen LogP contribution in [0.25, 0.3) is 0 Å². The average molecular weight is 426 g/mol. The minimum atomic E-state index is -1.19. The molecule has 0 bridgehead atoms. The number of hydrogen-bond donors (Lipinski definition) is 0. The number of nitrogens with zero attached hydrogens (tertiary/aromatic N) is 3. The normalized spacial score (nSPS) is 21.2. The second kappa shape index (κ2) is 8.17. The van der Waals surface area contributed by atoms with Gasteiger partial charge in [0.15, 0.2) is 0 Å². The summed E-state index contributed by atoms with van der Waals surface area (Å²) in [7, 11) is -1.19. The van der Waals surface area contributed by atoms with E-state index in [1.165, 1.54) is 0 Å². The first kappa shape index (κ1) is 20.1. The molecule has 1 saturated heterocycles. The molecule has 3 atom stereocenters. The van der Waals surface area contributed by atoms with Crippen LogP contribution in [0.1, 0.15) is 24.2 Å². The van der Waals surface area contributed by atoms with Crippen molar-refractivity contribution < 1.29 is 9.00 Å². The quantitative estimate of drug-likeness (QED) is 0.748. The average Bonchev–Trinajstić information content (AvgIpc) is 2.63. The molecule has 1 aliphatic rings. The van der Waals surface area contributed by atoms with Crippen molar-refractivity contribution in [3.8, 4) is 0 Å². The maximum Gasteiger partial charge on any atom is 0.254 e. The van der Waals surface area contributed by atoms with Gasteiger partial charge in [0.2, 0.25) is 0 Å². The number of carbonyl (C=O) groups excluding carboxylic acids is 1. The topological polar surface area (TPSA) is 53.5 Å². The van der Waals surface area contributed by atoms with Crippen molar-refractivity contribution in [3.63, 3.8) is 0 Å². The van der Waals surface area contributed by atoms with Crippen LogP contribution in [0.3, 0.4) is 0 Å². The monoisotopic (exact) mass is 425 g/mol. The molecule has 1 unspecified atom stereocenters. The lowest BCUT2D eigenvalue weighted by atomic mass is 10.0. The summed E-state index contributed by atoms with van der Waals surface area (Å²) < 4.78 is 11.6. The van der Waals surface area contributed by atoms with Gasteiger partial charge in [-0.1, -0.05) is 23.2 Å². The predicted octanol–water partition coefficient (Wildman–Crippen LogP) is 3.87. The fraction of sp³-hybridized carbons (Fsp3) is 0.368. The standard InChI is InChI=1S/C19H21Cl2N3O2S/c1-12-13(2)24(9-8-23(12)18-11-15(20)6-7-22-18)19(25)14-4-5-17(27(3)26)16(21)10-14/h4-7,10-13H,8-9H2,1-3H3/t12-,13-,27?/m0/s1. The lowest BCUT2D eigenvalue weighted by Gasteiger charge is -2.45. The first-order chi connectivity index (χ1) is 12.8. The first-order valence-corrected chi connectivity index (χ1v) is 10.9. The zero-order valence-electron chi connectivity index (χ0n) is 15.4. The Bertz CT molecular complexity index is 893. The minimum absolute atomic E-state index is 0.0224. The largest absolute Gasteiger partial charge is 0.350 e. The van der Waals surface area contributed by atoms with E-state index in [9.17, 15) is 9.00 Å². The number of anilines is 1. The Hall–Kier alpha value is -1.63. The molecule has 3 rings (SSSR count). The molecule has 0 N–H and O–H groups in total. The molecule has 1 aliphatic heterocycles. The van der Waals surface area contributed by atoms with Gasteiger partial charge in [0.05, 0.1) is 20.7 Å². The molecule has 0 radical (unpaired) electrons. The second-order valence-corrected chi connectivity index (χ2v) is 8.80. The van der Waals surface area contributed by atoms with Gasteiger partial charge in [0.1, 0.15) is 5.82 Å². The molecule has 1 aromatic carbocycles. The highest BCUT2D eigenvalue weighted by Crippen LogP contribution is 2.27. The van der Waals surface area contributed by atoms with Crippen LogP contribution in [0.5, 0.6) is 0 Å². The van der Waals surface area contributed by atoms with Crippen LogP contribution in [0, 0.1) is 0 Å². The Morgan fingerprint density at radius 2 is 1.89 bits per heavy atom. The van der Waals surface area contributed by atoms with Crippen molar-refractivity contribution in [2.24, 2.45) is 0 Å².